The van der Waals surface area contributed by atoms with Crippen molar-refractivity contribution >= 4 is 43.5 Å². The molecule has 1 fully saturated rings. The molecule has 104 valence electrons. The van der Waals surface area contributed by atoms with Crippen LogP contribution in [0.4, 0.5) is 5.69 Å². The van der Waals surface area contributed by atoms with Crippen LogP contribution in [0.5, 0.6) is 0 Å². The molecule has 0 radical (unpaired) electrons. The van der Waals surface area contributed by atoms with E-state index in [2.05, 4.69) is 49.4 Å². The second kappa shape index (κ2) is 6.37. The Balaban J connectivity index is 2.15. The van der Waals surface area contributed by atoms with E-state index in [1.165, 1.54) is 0 Å². The Morgan fingerprint density at radius 3 is 2.84 bits per heavy atom. The fourth-order valence-electron chi connectivity index (χ4n) is 2.47. The summed E-state index contributed by atoms with van der Waals surface area (Å²) in [5, 5.41) is 6.39. The molecule has 1 aromatic rings. The second-order valence-electron chi connectivity index (χ2n) is 4.99. The van der Waals surface area contributed by atoms with Crippen molar-refractivity contribution < 1.29 is 4.79 Å². The maximum atomic E-state index is 12.6. The van der Waals surface area contributed by atoms with Crippen molar-refractivity contribution in [2.45, 2.75) is 26.2 Å². The molecule has 1 aliphatic rings. The quantitative estimate of drug-likeness (QED) is 0.822. The first-order chi connectivity index (χ1) is 9.07. The van der Waals surface area contributed by atoms with Crippen molar-refractivity contribution in [3.8, 4) is 0 Å². The molecule has 1 unspecified atom stereocenters. The van der Waals surface area contributed by atoms with Crippen molar-refractivity contribution in [3.63, 3.8) is 0 Å². The first kappa shape index (κ1) is 15.0. The van der Waals surface area contributed by atoms with Gasteiger partial charge in [0.25, 0.3) is 0 Å². The first-order valence-corrected chi connectivity index (χ1v) is 8.13. The monoisotopic (exact) mass is 388 g/mol. The standard InChI is InChI=1S/C14H18Br2N2O/c1-2-14(6-3-7-17-9-14)13(19)18-12-5-4-10(15)8-11(12)16/h4-5,8,17H,2-3,6-7,9H2,1H3,(H,18,19). The third-order valence-corrected chi connectivity index (χ3v) is 4.96. The summed E-state index contributed by atoms with van der Waals surface area (Å²) >= 11 is 6.89. The summed E-state index contributed by atoms with van der Waals surface area (Å²) in [6.07, 6.45) is 2.87. The third kappa shape index (κ3) is 3.38. The van der Waals surface area contributed by atoms with Crippen LogP contribution in [0.25, 0.3) is 0 Å². The zero-order valence-electron chi connectivity index (χ0n) is 10.9. The van der Waals surface area contributed by atoms with Gasteiger partial charge in [0, 0.05) is 15.5 Å². The molecule has 5 heteroatoms. The maximum absolute atomic E-state index is 12.6. The molecule has 1 aromatic carbocycles. The number of amides is 1. The molecule has 19 heavy (non-hydrogen) atoms. The largest absolute Gasteiger partial charge is 0.325 e. The summed E-state index contributed by atoms with van der Waals surface area (Å²) in [5.74, 6) is 0.116. The van der Waals surface area contributed by atoms with Gasteiger partial charge < -0.3 is 10.6 Å². The molecule has 3 nitrogen and oxygen atoms in total. The number of piperidine rings is 1. The molecule has 1 atom stereocenters. The first-order valence-electron chi connectivity index (χ1n) is 6.54. The highest BCUT2D eigenvalue weighted by atomic mass is 79.9. The van der Waals surface area contributed by atoms with Crippen LogP contribution >= 0.6 is 31.9 Å². The van der Waals surface area contributed by atoms with Gasteiger partial charge >= 0.3 is 0 Å². The third-order valence-electron chi connectivity index (χ3n) is 3.81. The Labute approximate surface area is 130 Å². The number of anilines is 1. The van der Waals surface area contributed by atoms with Crippen molar-refractivity contribution in [1.82, 2.24) is 5.32 Å². The van der Waals surface area contributed by atoms with Gasteiger partial charge in [0.15, 0.2) is 0 Å². The lowest BCUT2D eigenvalue weighted by Crippen LogP contribution is -2.47. The number of rotatable bonds is 3. The molecule has 0 aromatic heterocycles. The zero-order chi connectivity index (χ0) is 13.9. The Hall–Kier alpha value is -0.390. The van der Waals surface area contributed by atoms with E-state index in [4.69, 9.17) is 0 Å². The van der Waals surface area contributed by atoms with Gasteiger partial charge in [0.2, 0.25) is 5.91 Å². The molecule has 0 spiro atoms. The fourth-order valence-corrected chi connectivity index (χ4v) is 3.62. The number of halogens is 2. The van der Waals surface area contributed by atoms with Crippen LogP contribution in [0.3, 0.4) is 0 Å². The lowest BCUT2D eigenvalue weighted by molar-refractivity contribution is -0.126. The highest BCUT2D eigenvalue weighted by Crippen LogP contribution is 2.33. The Morgan fingerprint density at radius 2 is 2.26 bits per heavy atom. The van der Waals surface area contributed by atoms with E-state index in [-0.39, 0.29) is 11.3 Å². The van der Waals surface area contributed by atoms with Gasteiger partial charge in [-0.25, -0.2) is 0 Å². The summed E-state index contributed by atoms with van der Waals surface area (Å²) in [6, 6.07) is 5.77. The topological polar surface area (TPSA) is 41.1 Å². The predicted octanol–water partition coefficient (Wildman–Crippen LogP) is 3.93. The molecule has 2 N–H and O–H groups in total. The van der Waals surface area contributed by atoms with Gasteiger partial charge in [-0.15, -0.1) is 0 Å². The molecule has 0 aliphatic carbocycles. The maximum Gasteiger partial charge on any atom is 0.231 e. The van der Waals surface area contributed by atoms with Crippen LogP contribution < -0.4 is 10.6 Å². The summed E-state index contributed by atoms with van der Waals surface area (Å²) in [5.41, 5.74) is 0.553. The Kier molecular flexibility index (Phi) is 5.03. The molecular weight excluding hydrogens is 372 g/mol. The van der Waals surface area contributed by atoms with E-state index in [1.54, 1.807) is 0 Å². The number of hydrogen-bond donors (Lipinski definition) is 2. The van der Waals surface area contributed by atoms with Gasteiger partial charge in [-0.1, -0.05) is 22.9 Å². The predicted molar refractivity (Wildman–Crippen MR) is 85.3 cm³/mol. The number of carbonyl (C=O) groups excluding carboxylic acids is 1. The molecule has 2 rings (SSSR count). The van der Waals surface area contributed by atoms with E-state index in [0.717, 1.165) is 47.0 Å². The minimum absolute atomic E-state index is 0.116. The minimum atomic E-state index is -0.273. The summed E-state index contributed by atoms with van der Waals surface area (Å²) in [4.78, 5) is 12.6. The number of nitrogens with one attached hydrogen (secondary N) is 2. The number of hydrogen-bond acceptors (Lipinski definition) is 2. The SMILES string of the molecule is CCC1(C(=O)Nc2ccc(Br)cc2Br)CCCNC1. The molecule has 1 saturated heterocycles. The molecule has 0 saturated carbocycles. The Bertz CT molecular complexity index is 471. The van der Waals surface area contributed by atoms with Gasteiger partial charge in [-0.2, -0.15) is 0 Å². The van der Waals surface area contributed by atoms with Crippen molar-refractivity contribution in [3.05, 3.63) is 27.1 Å². The smallest absolute Gasteiger partial charge is 0.231 e. The van der Waals surface area contributed by atoms with Gasteiger partial charge in [0.1, 0.15) is 0 Å². The van der Waals surface area contributed by atoms with Crippen molar-refractivity contribution in [1.29, 1.82) is 0 Å². The van der Waals surface area contributed by atoms with Crippen LogP contribution in [0, 0.1) is 5.41 Å². The van der Waals surface area contributed by atoms with Crippen molar-refractivity contribution in [2.24, 2.45) is 5.41 Å². The summed E-state index contributed by atoms with van der Waals surface area (Å²) < 4.78 is 1.88. The van der Waals surface area contributed by atoms with Gasteiger partial charge in [-0.3, -0.25) is 4.79 Å². The van der Waals surface area contributed by atoms with E-state index >= 15 is 0 Å². The van der Waals surface area contributed by atoms with Crippen LogP contribution in [-0.4, -0.2) is 19.0 Å². The molecule has 1 amide bonds. The van der Waals surface area contributed by atoms with E-state index in [1.807, 2.05) is 18.2 Å². The average Bonchev–Trinajstić information content (AvgIpc) is 2.42. The van der Waals surface area contributed by atoms with Crippen LogP contribution in [0.2, 0.25) is 0 Å². The van der Waals surface area contributed by atoms with E-state index < -0.39 is 0 Å². The number of carbonyl (C=O) groups is 1. The Morgan fingerprint density at radius 1 is 1.47 bits per heavy atom. The fraction of sp³-hybridized carbons (Fsp3) is 0.500. The molecule has 0 bridgehead atoms. The second-order valence-corrected chi connectivity index (χ2v) is 6.76. The van der Waals surface area contributed by atoms with Gasteiger partial charge in [0.05, 0.1) is 11.1 Å². The van der Waals surface area contributed by atoms with E-state index in [0.29, 0.717) is 0 Å². The number of benzene rings is 1. The highest BCUT2D eigenvalue weighted by Gasteiger charge is 2.37. The molecule has 1 aliphatic heterocycles. The lowest BCUT2D eigenvalue weighted by Gasteiger charge is -2.35. The van der Waals surface area contributed by atoms with Crippen LogP contribution in [0.15, 0.2) is 27.1 Å². The van der Waals surface area contributed by atoms with E-state index in [9.17, 15) is 4.79 Å². The molecular formula is C14H18Br2N2O. The summed E-state index contributed by atoms with van der Waals surface area (Å²) in [6.45, 7) is 3.86. The normalized spacial score (nSPS) is 23.1. The highest BCUT2D eigenvalue weighted by molar-refractivity contribution is 9.11. The van der Waals surface area contributed by atoms with Crippen molar-refractivity contribution in [2.75, 3.05) is 18.4 Å². The minimum Gasteiger partial charge on any atom is -0.325 e. The van der Waals surface area contributed by atoms with Crippen LogP contribution in [-0.2, 0) is 4.79 Å². The molecule has 1 heterocycles. The zero-order valence-corrected chi connectivity index (χ0v) is 14.1. The summed E-state index contributed by atoms with van der Waals surface area (Å²) in [7, 11) is 0. The van der Waals surface area contributed by atoms with Crippen LogP contribution in [0.1, 0.15) is 26.2 Å². The van der Waals surface area contributed by atoms with Gasteiger partial charge in [-0.05, 0) is 59.9 Å². The average molecular weight is 390 g/mol. The lowest BCUT2D eigenvalue weighted by atomic mass is 9.77.